The molecule has 2 amide bonds. The van der Waals surface area contributed by atoms with Crippen LogP contribution < -0.4 is 15.4 Å². The van der Waals surface area contributed by atoms with Gasteiger partial charge in [0.1, 0.15) is 5.75 Å². The van der Waals surface area contributed by atoms with E-state index in [1.807, 2.05) is 41.8 Å². The Morgan fingerprint density at radius 3 is 2.64 bits per heavy atom. The molecule has 0 aliphatic heterocycles. The summed E-state index contributed by atoms with van der Waals surface area (Å²) in [6.07, 6.45) is 1.05. The predicted molar refractivity (Wildman–Crippen MR) is 113 cm³/mol. The lowest BCUT2D eigenvalue weighted by Gasteiger charge is -2.04. The van der Waals surface area contributed by atoms with E-state index < -0.39 is 0 Å². The average molecular weight is 416 g/mol. The molecule has 0 aliphatic carbocycles. The average Bonchev–Trinajstić information content (AvgIpc) is 3.34. The van der Waals surface area contributed by atoms with Crippen molar-refractivity contribution in [1.82, 2.24) is 10.3 Å². The fourth-order valence-corrected chi connectivity index (χ4v) is 4.21. The molecule has 2 heterocycles. The van der Waals surface area contributed by atoms with E-state index >= 15 is 0 Å². The van der Waals surface area contributed by atoms with Gasteiger partial charge in [0.05, 0.1) is 24.2 Å². The fourth-order valence-electron chi connectivity index (χ4n) is 2.50. The number of carbonyl (C=O) groups excluding carboxylic acids is 2. The zero-order valence-corrected chi connectivity index (χ0v) is 17.3. The number of carbonyl (C=O) groups is 2. The highest BCUT2D eigenvalue weighted by atomic mass is 32.1. The van der Waals surface area contributed by atoms with E-state index in [1.165, 1.54) is 18.3 Å². The third-order valence-electron chi connectivity index (χ3n) is 3.98. The summed E-state index contributed by atoms with van der Waals surface area (Å²) in [4.78, 5) is 29.8. The van der Waals surface area contributed by atoms with Gasteiger partial charge in [0, 0.05) is 23.6 Å². The third-order valence-corrected chi connectivity index (χ3v) is 5.84. The van der Waals surface area contributed by atoms with Gasteiger partial charge in [-0.2, -0.15) is 0 Å². The molecule has 3 aromatic rings. The highest BCUT2D eigenvalue weighted by Gasteiger charge is 2.10. The van der Waals surface area contributed by atoms with E-state index in [2.05, 4.69) is 15.6 Å². The van der Waals surface area contributed by atoms with Crippen LogP contribution in [0.1, 0.15) is 23.8 Å². The van der Waals surface area contributed by atoms with Gasteiger partial charge in [0.15, 0.2) is 5.13 Å². The number of thiazole rings is 1. The van der Waals surface area contributed by atoms with Crippen molar-refractivity contribution >= 4 is 39.6 Å². The minimum Gasteiger partial charge on any atom is -0.497 e. The zero-order valence-electron chi connectivity index (χ0n) is 15.7. The highest BCUT2D eigenvalue weighted by Crippen LogP contribution is 2.30. The summed E-state index contributed by atoms with van der Waals surface area (Å²) in [5.74, 6) is 0.690. The number of anilines is 1. The summed E-state index contributed by atoms with van der Waals surface area (Å²) in [7, 11) is 1.63. The van der Waals surface area contributed by atoms with Gasteiger partial charge in [-0.3, -0.25) is 9.59 Å². The van der Waals surface area contributed by atoms with Crippen LogP contribution in [0, 0.1) is 0 Å². The molecule has 1 aromatic carbocycles. The summed E-state index contributed by atoms with van der Waals surface area (Å²) in [5, 5.41) is 8.16. The number of nitrogens with one attached hydrogen (secondary N) is 2. The lowest BCUT2D eigenvalue weighted by atomic mass is 10.1. The molecule has 0 spiro atoms. The van der Waals surface area contributed by atoms with Gasteiger partial charge in [0.25, 0.3) is 0 Å². The SMILES string of the molecule is COc1ccc(CCC(=O)Nc2nc(-c3ccc(CNC(C)=O)s3)cs2)cc1. The fraction of sp³-hybridized carbons (Fsp3) is 0.250. The molecule has 2 aromatic heterocycles. The molecule has 0 aliphatic rings. The van der Waals surface area contributed by atoms with Crippen molar-refractivity contribution < 1.29 is 14.3 Å². The van der Waals surface area contributed by atoms with Gasteiger partial charge in [0.2, 0.25) is 11.8 Å². The van der Waals surface area contributed by atoms with Crippen LogP contribution in [-0.2, 0) is 22.6 Å². The van der Waals surface area contributed by atoms with E-state index in [0.29, 0.717) is 24.5 Å². The molecule has 0 atom stereocenters. The quantitative estimate of drug-likeness (QED) is 0.581. The first kappa shape index (κ1) is 20.0. The second-order valence-corrected chi connectivity index (χ2v) is 8.14. The third kappa shape index (κ3) is 5.64. The van der Waals surface area contributed by atoms with Crippen molar-refractivity contribution in [3.05, 3.63) is 52.2 Å². The molecule has 0 saturated carbocycles. The molecule has 0 saturated heterocycles. The van der Waals surface area contributed by atoms with E-state index in [0.717, 1.165) is 26.8 Å². The molecule has 28 heavy (non-hydrogen) atoms. The molecule has 6 nitrogen and oxygen atoms in total. The number of thiophene rings is 1. The van der Waals surface area contributed by atoms with Gasteiger partial charge >= 0.3 is 0 Å². The lowest BCUT2D eigenvalue weighted by Crippen LogP contribution is -2.17. The molecule has 146 valence electrons. The van der Waals surface area contributed by atoms with Crippen molar-refractivity contribution in [1.29, 1.82) is 0 Å². The van der Waals surface area contributed by atoms with E-state index in [4.69, 9.17) is 4.74 Å². The first-order valence-electron chi connectivity index (χ1n) is 8.75. The smallest absolute Gasteiger partial charge is 0.226 e. The van der Waals surface area contributed by atoms with Crippen LogP contribution in [0.4, 0.5) is 5.13 Å². The molecule has 0 radical (unpaired) electrons. The van der Waals surface area contributed by atoms with E-state index in [-0.39, 0.29) is 11.8 Å². The van der Waals surface area contributed by atoms with Crippen LogP contribution in [0.25, 0.3) is 10.6 Å². The number of benzene rings is 1. The van der Waals surface area contributed by atoms with Crippen LogP contribution in [0.2, 0.25) is 0 Å². The Bertz CT molecular complexity index is 948. The van der Waals surface area contributed by atoms with Gasteiger partial charge in [-0.15, -0.1) is 22.7 Å². The van der Waals surface area contributed by atoms with E-state index in [1.54, 1.807) is 18.4 Å². The molecular formula is C20H21N3O3S2. The number of ether oxygens (including phenoxy) is 1. The second-order valence-electron chi connectivity index (χ2n) is 6.11. The lowest BCUT2D eigenvalue weighted by molar-refractivity contribution is -0.119. The standard InChI is InChI=1S/C20H21N3O3S2/c1-13(24)21-11-16-8-9-18(28-16)17-12-27-20(22-17)23-19(25)10-5-14-3-6-15(26-2)7-4-14/h3-4,6-9,12H,5,10-11H2,1-2H3,(H,21,24)(H,22,23,25). The maximum Gasteiger partial charge on any atom is 0.226 e. The van der Waals surface area contributed by atoms with Crippen molar-refractivity contribution in [2.45, 2.75) is 26.3 Å². The number of aromatic nitrogens is 1. The van der Waals surface area contributed by atoms with Crippen LogP contribution in [0.15, 0.2) is 41.8 Å². The maximum atomic E-state index is 12.2. The van der Waals surface area contributed by atoms with Crippen LogP contribution in [-0.4, -0.2) is 23.9 Å². The summed E-state index contributed by atoms with van der Waals surface area (Å²) < 4.78 is 5.13. The first-order valence-corrected chi connectivity index (χ1v) is 10.4. The summed E-state index contributed by atoms with van der Waals surface area (Å²) in [6.45, 7) is 2.01. The highest BCUT2D eigenvalue weighted by molar-refractivity contribution is 7.17. The topological polar surface area (TPSA) is 80.3 Å². The summed E-state index contributed by atoms with van der Waals surface area (Å²) in [6, 6.07) is 11.7. The Labute approximate surface area is 171 Å². The molecule has 3 rings (SSSR count). The largest absolute Gasteiger partial charge is 0.497 e. The van der Waals surface area contributed by atoms with Crippen LogP contribution >= 0.6 is 22.7 Å². The number of nitrogens with zero attached hydrogens (tertiary/aromatic N) is 1. The Balaban J connectivity index is 1.52. The Morgan fingerprint density at radius 1 is 1.14 bits per heavy atom. The zero-order chi connectivity index (χ0) is 19.9. The minimum absolute atomic E-state index is 0.0525. The Hall–Kier alpha value is -2.71. The Morgan fingerprint density at radius 2 is 1.93 bits per heavy atom. The molecular weight excluding hydrogens is 394 g/mol. The Kier molecular flexibility index (Phi) is 6.78. The molecule has 0 fully saturated rings. The van der Waals surface area contributed by atoms with Crippen LogP contribution in [0.5, 0.6) is 5.75 Å². The van der Waals surface area contributed by atoms with Crippen molar-refractivity contribution in [3.8, 4) is 16.3 Å². The molecule has 0 bridgehead atoms. The van der Waals surface area contributed by atoms with Gasteiger partial charge < -0.3 is 15.4 Å². The monoisotopic (exact) mass is 415 g/mol. The summed E-state index contributed by atoms with van der Waals surface area (Å²) in [5.41, 5.74) is 1.91. The number of aryl methyl sites for hydroxylation is 1. The molecule has 2 N–H and O–H groups in total. The molecule has 8 heteroatoms. The van der Waals surface area contributed by atoms with Crippen LogP contribution in [0.3, 0.4) is 0 Å². The predicted octanol–water partition coefficient (Wildman–Crippen LogP) is 4.09. The van der Waals surface area contributed by atoms with Crippen molar-refractivity contribution in [3.63, 3.8) is 0 Å². The number of rotatable bonds is 8. The van der Waals surface area contributed by atoms with Gasteiger partial charge in [-0.05, 0) is 36.2 Å². The number of amides is 2. The normalized spacial score (nSPS) is 10.5. The van der Waals surface area contributed by atoms with Crippen molar-refractivity contribution in [2.75, 3.05) is 12.4 Å². The van der Waals surface area contributed by atoms with Crippen molar-refractivity contribution in [2.24, 2.45) is 0 Å². The summed E-state index contributed by atoms with van der Waals surface area (Å²) >= 11 is 2.98. The molecule has 0 unspecified atom stereocenters. The minimum atomic E-state index is -0.0609. The second kappa shape index (κ2) is 9.48. The number of hydrogen-bond acceptors (Lipinski definition) is 6. The number of hydrogen-bond donors (Lipinski definition) is 2. The maximum absolute atomic E-state index is 12.2. The van der Waals surface area contributed by atoms with Gasteiger partial charge in [-0.1, -0.05) is 12.1 Å². The van der Waals surface area contributed by atoms with E-state index in [9.17, 15) is 9.59 Å². The first-order chi connectivity index (χ1) is 13.5. The van der Waals surface area contributed by atoms with Gasteiger partial charge in [-0.25, -0.2) is 4.98 Å². The number of methoxy groups -OCH3 is 1.